The van der Waals surface area contributed by atoms with Gasteiger partial charge in [0.2, 0.25) is 0 Å². The second kappa shape index (κ2) is 6.88. The Balaban J connectivity index is 1.98. The van der Waals surface area contributed by atoms with Gasteiger partial charge in [0.25, 0.3) is 0 Å². The van der Waals surface area contributed by atoms with Gasteiger partial charge >= 0.3 is 0 Å². The zero-order valence-corrected chi connectivity index (χ0v) is 12.3. The molecule has 0 radical (unpaired) electrons. The summed E-state index contributed by atoms with van der Waals surface area (Å²) in [6.07, 6.45) is 6.93. The number of nitrogens with one attached hydrogen (secondary N) is 1. The van der Waals surface area contributed by atoms with E-state index in [4.69, 9.17) is 4.74 Å². The van der Waals surface area contributed by atoms with E-state index in [1.165, 1.54) is 51.7 Å². The molecule has 0 bridgehead atoms. The Morgan fingerprint density at radius 3 is 2.89 bits per heavy atom. The Kier molecular flexibility index (Phi) is 5.46. The first-order chi connectivity index (χ1) is 8.76. The molecule has 3 nitrogen and oxygen atoms in total. The Hall–Kier alpha value is -0.120. The largest absolute Gasteiger partial charge is 0.380 e. The van der Waals surface area contributed by atoms with Crippen molar-refractivity contribution in [2.45, 2.75) is 64.1 Å². The molecule has 4 unspecified atom stereocenters. The van der Waals surface area contributed by atoms with Crippen molar-refractivity contribution in [1.82, 2.24) is 10.2 Å². The predicted molar refractivity (Wildman–Crippen MR) is 75.9 cm³/mol. The lowest BCUT2D eigenvalue weighted by Gasteiger charge is -2.34. The van der Waals surface area contributed by atoms with E-state index in [2.05, 4.69) is 24.1 Å². The molecule has 0 aromatic carbocycles. The highest BCUT2D eigenvalue weighted by Crippen LogP contribution is 2.28. The maximum absolute atomic E-state index is 5.68. The quantitative estimate of drug-likeness (QED) is 0.833. The van der Waals surface area contributed by atoms with Crippen LogP contribution in [0.15, 0.2) is 0 Å². The number of rotatable bonds is 4. The van der Waals surface area contributed by atoms with Crippen LogP contribution in [0.25, 0.3) is 0 Å². The van der Waals surface area contributed by atoms with E-state index >= 15 is 0 Å². The minimum atomic E-state index is 0.473. The van der Waals surface area contributed by atoms with Crippen molar-refractivity contribution >= 4 is 0 Å². The first kappa shape index (κ1) is 14.3. The molecule has 1 saturated heterocycles. The highest BCUT2D eigenvalue weighted by molar-refractivity contribution is 4.90. The van der Waals surface area contributed by atoms with Crippen LogP contribution in [0.4, 0.5) is 0 Å². The average Bonchev–Trinajstić information content (AvgIpc) is 2.74. The number of ether oxygens (including phenoxy) is 1. The molecule has 1 heterocycles. The molecule has 0 aromatic heterocycles. The normalized spacial score (nSPS) is 36.5. The average molecular weight is 254 g/mol. The summed E-state index contributed by atoms with van der Waals surface area (Å²) in [5.74, 6) is 0.771. The van der Waals surface area contributed by atoms with E-state index in [0.717, 1.165) is 5.92 Å². The van der Waals surface area contributed by atoms with Crippen LogP contribution in [0.1, 0.15) is 46.0 Å². The number of methoxy groups -OCH3 is 1. The minimum absolute atomic E-state index is 0.473. The molecule has 2 aliphatic rings. The first-order valence-electron chi connectivity index (χ1n) is 7.76. The maximum Gasteiger partial charge on any atom is 0.0726 e. The molecule has 0 aromatic rings. The second-order valence-electron chi connectivity index (χ2n) is 6.07. The fraction of sp³-hybridized carbons (Fsp3) is 1.00. The Bertz CT molecular complexity index is 247. The Morgan fingerprint density at radius 1 is 1.33 bits per heavy atom. The fourth-order valence-corrected chi connectivity index (χ4v) is 3.54. The number of hydrogen-bond donors (Lipinski definition) is 1. The van der Waals surface area contributed by atoms with Crippen molar-refractivity contribution in [2.75, 3.05) is 26.7 Å². The van der Waals surface area contributed by atoms with Crippen molar-refractivity contribution < 1.29 is 4.74 Å². The molecular formula is C15H30N2O. The lowest BCUT2D eigenvalue weighted by Crippen LogP contribution is -2.48. The summed E-state index contributed by atoms with van der Waals surface area (Å²) in [5.41, 5.74) is 0. The van der Waals surface area contributed by atoms with Crippen LogP contribution in [0.3, 0.4) is 0 Å². The van der Waals surface area contributed by atoms with Crippen LogP contribution in [0.2, 0.25) is 0 Å². The van der Waals surface area contributed by atoms with E-state index in [1.807, 2.05) is 7.11 Å². The molecule has 1 saturated carbocycles. The molecule has 2 fully saturated rings. The van der Waals surface area contributed by atoms with Gasteiger partial charge in [0.05, 0.1) is 6.10 Å². The van der Waals surface area contributed by atoms with Crippen LogP contribution < -0.4 is 5.32 Å². The highest BCUT2D eigenvalue weighted by Gasteiger charge is 2.34. The minimum Gasteiger partial charge on any atom is -0.380 e. The van der Waals surface area contributed by atoms with Crippen molar-refractivity contribution in [1.29, 1.82) is 0 Å². The monoisotopic (exact) mass is 254 g/mol. The molecule has 3 heteroatoms. The molecular weight excluding hydrogens is 224 g/mol. The summed E-state index contributed by atoms with van der Waals surface area (Å²) in [7, 11) is 1.88. The SMILES string of the molecule is CCC(C)C1CN(C2CCCC2OC)CCCN1. The molecule has 1 N–H and O–H groups in total. The maximum atomic E-state index is 5.68. The summed E-state index contributed by atoms with van der Waals surface area (Å²) < 4.78 is 5.68. The molecule has 1 aliphatic heterocycles. The van der Waals surface area contributed by atoms with E-state index in [0.29, 0.717) is 18.2 Å². The molecule has 0 spiro atoms. The van der Waals surface area contributed by atoms with E-state index in [9.17, 15) is 0 Å². The predicted octanol–water partition coefficient (Wildman–Crippen LogP) is 2.26. The van der Waals surface area contributed by atoms with Gasteiger partial charge < -0.3 is 10.1 Å². The molecule has 18 heavy (non-hydrogen) atoms. The second-order valence-corrected chi connectivity index (χ2v) is 6.07. The van der Waals surface area contributed by atoms with Crippen molar-refractivity contribution in [2.24, 2.45) is 5.92 Å². The van der Waals surface area contributed by atoms with Gasteiger partial charge in [-0.05, 0) is 44.7 Å². The fourth-order valence-electron chi connectivity index (χ4n) is 3.54. The van der Waals surface area contributed by atoms with E-state index in [1.54, 1.807) is 0 Å². The van der Waals surface area contributed by atoms with Gasteiger partial charge in [0.15, 0.2) is 0 Å². The van der Waals surface area contributed by atoms with E-state index < -0.39 is 0 Å². The third-order valence-corrected chi connectivity index (χ3v) is 4.98. The molecule has 4 atom stereocenters. The van der Waals surface area contributed by atoms with Gasteiger partial charge in [-0.3, -0.25) is 4.90 Å². The summed E-state index contributed by atoms with van der Waals surface area (Å²) >= 11 is 0. The van der Waals surface area contributed by atoms with Gasteiger partial charge in [-0.2, -0.15) is 0 Å². The molecule has 1 aliphatic carbocycles. The van der Waals surface area contributed by atoms with Crippen LogP contribution in [0, 0.1) is 5.92 Å². The van der Waals surface area contributed by atoms with Crippen LogP contribution >= 0.6 is 0 Å². The zero-order valence-electron chi connectivity index (χ0n) is 12.3. The van der Waals surface area contributed by atoms with E-state index in [-0.39, 0.29) is 0 Å². The molecule has 2 rings (SSSR count). The van der Waals surface area contributed by atoms with Gasteiger partial charge in [-0.25, -0.2) is 0 Å². The summed E-state index contributed by atoms with van der Waals surface area (Å²) in [4.78, 5) is 2.71. The highest BCUT2D eigenvalue weighted by atomic mass is 16.5. The molecule has 0 amide bonds. The van der Waals surface area contributed by atoms with Crippen LogP contribution in [-0.2, 0) is 4.74 Å². The van der Waals surface area contributed by atoms with Gasteiger partial charge in [0.1, 0.15) is 0 Å². The smallest absolute Gasteiger partial charge is 0.0726 e. The summed E-state index contributed by atoms with van der Waals surface area (Å²) in [6.45, 7) is 8.30. The van der Waals surface area contributed by atoms with Crippen molar-refractivity contribution in [3.8, 4) is 0 Å². The third kappa shape index (κ3) is 3.25. The van der Waals surface area contributed by atoms with Gasteiger partial charge in [-0.1, -0.05) is 20.3 Å². The van der Waals surface area contributed by atoms with Crippen molar-refractivity contribution in [3.63, 3.8) is 0 Å². The number of nitrogens with zero attached hydrogens (tertiary/aromatic N) is 1. The lowest BCUT2D eigenvalue weighted by molar-refractivity contribution is 0.0301. The van der Waals surface area contributed by atoms with Gasteiger partial charge in [-0.15, -0.1) is 0 Å². The van der Waals surface area contributed by atoms with Gasteiger partial charge in [0, 0.05) is 25.7 Å². The van der Waals surface area contributed by atoms with Crippen LogP contribution in [-0.4, -0.2) is 49.8 Å². The topological polar surface area (TPSA) is 24.5 Å². The number of hydrogen-bond acceptors (Lipinski definition) is 3. The summed E-state index contributed by atoms with van der Waals surface area (Å²) in [5, 5.41) is 3.74. The Labute approximate surface area is 112 Å². The van der Waals surface area contributed by atoms with Crippen molar-refractivity contribution in [3.05, 3.63) is 0 Å². The standard InChI is InChI=1S/C15H30N2O/c1-4-12(2)13-11-17(10-6-9-16-13)14-7-5-8-15(14)18-3/h12-16H,4-11H2,1-3H3. The first-order valence-corrected chi connectivity index (χ1v) is 7.76. The lowest BCUT2D eigenvalue weighted by atomic mass is 9.98. The van der Waals surface area contributed by atoms with Crippen LogP contribution in [0.5, 0.6) is 0 Å². The zero-order chi connectivity index (χ0) is 13.0. The third-order valence-electron chi connectivity index (χ3n) is 4.98. The Morgan fingerprint density at radius 2 is 2.17 bits per heavy atom. The summed E-state index contributed by atoms with van der Waals surface area (Å²) in [6, 6.07) is 1.33. The molecule has 106 valence electrons.